The molecule has 2 aromatic heterocycles. The monoisotopic (exact) mass is 440 g/mol. The third-order valence-corrected chi connectivity index (χ3v) is 5.75. The van der Waals surface area contributed by atoms with Gasteiger partial charge in [0.15, 0.2) is 0 Å². The van der Waals surface area contributed by atoms with Crippen LogP contribution in [0.25, 0.3) is 10.9 Å². The Kier molecular flexibility index (Phi) is 6.04. The third kappa shape index (κ3) is 4.13. The molecule has 32 heavy (non-hydrogen) atoms. The second kappa shape index (κ2) is 8.91. The molecular formula is C22H25FN6O3. The van der Waals surface area contributed by atoms with Gasteiger partial charge in [0.05, 0.1) is 23.3 Å². The van der Waals surface area contributed by atoms with E-state index in [0.717, 1.165) is 19.3 Å². The van der Waals surface area contributed by atoms with Crippen LogP contribution in [0.3, 0.4) is 0 Å². The SMILES string of the molecule is C[C@H](c1ccccc1F)N(C)C(=O)C(=O)Nc1cnc(N)c2cn(C3CCCCO3)nc12. The van der Waals surface area contributed by atoms with Crippen molar-refractivity contribution < 1.29 is 18.7 Å². The van der Waals surface area contributed by atoms with Gasteiger partial charge in [-0.25, -0.2) is 14.1 Å². The summed E-state index contributed by atoms with van der Waals surface area (Å²) in [7, 11) is 1.45. The van der Waals surface area contributed by atoms with E-state index in [9.17, 15) is 14.0 Å². The first-order chi connectivity index (χ1) is 15.4. The van der Waals surface area contributed by atoms with Gasteiger partial charge in [0.1, 0.15) is 23.4 Å². The summed E-state index contributed by atoms with van der Waals surface area (Å²) < 4.78 is 21.5. The molecule has 1 aliphatic heterocycles. The highest BCUT2D eigenvalue weighted by Gasteiger charge is 2.27. The molecule has 10 heteroatoms. The summed E-state index contributed by atoms with van der Waals surface area (Å²) in [5.74, 6) is -1.88. The van der Waals surface area contributed by atoms with Gasteiger partial charge in [-0.15, -0.1) is 0 Å². The van der Waals surface area contributed by atoms with Gasteiger partial charge < -0.3 is 20.7 Å². The van der Waals surface area contributed by atoms with Crippen LogP contribution in [0.4, 0.5) is 15.9 Å². The summed E-state index contributed by atoms with van der Waals surface area (Å²) in [6.45, 7) is 2.30. The van der Waals surface area contributed by atoms with Crippen LogP contribution >= 0.6 is 0 Å². The number of pyridine rings is 1. The zero-order valence-corrected chi connectivity index (χ0v) is 17.9. The van der Waals surface area contributed by atoms with Crippen molar-refractivity contribution in [2.24, 2.45) is 0 Å². The Morgan fingerprint density at radius 2 is 2.12 bits per heavy atom. The molecule has 0 bridgehead atoms. The van der Waals surface area contributed by atoms with E-state index >= 15 is 0 Å². The lowest BCUT2D eigenvalue weighted by Crippen LogP contribution is -2.38. The van der Waals surface area contributed by atoms with Crippen molar-refractivity contribution in [1.29, 1.82) is 0 Å². The number of benzene rings is 1. The molecule has 0 spiro atoms. The molecule has 1 saturated heterocycles. The zero-order valence-electron chi connectivity index (χ0n) is 17.9. The molecule has 0 radical (unpaired) electrons. The van der Waals surface area contributed by atoms with Crippen LogP contribution in [0.15, 0.2) is 36.7 Å². The molecule has 9 nitrogen and oxygen atoms in total. The number of rotatable bonds is 4. The van der Waals surface area contributed by atoms with Gasteiger partial charge >= 0.3 is 11.8 Å². The minimum absolute atomic E-state index is 0.214. The van der Waals surface area contributed by atoms with Crippen molar-refractivity contribution in [2.75, 3.05) is 24.7 Å². The maximum absolute atomic E-state index is 14.1. The van der Waals surface area contributed by atoms with Crippen LogP contribution in [0.5, 0.6) is 0 Å². The first kappa shape index (κ1) is 21.7. The summed E-state index contributed by atoms with van der Waals surface area (Å²) in [6, 6.07) is 5.50. The number of aromatic nitrogens is 3. The molecule has 1 aliphatic rings. The number of amides is 2. The van der Waals surface area contributed by atoms with Crippen LogP contribution in [0, 0.1) is 5.82 Å². The van der Waals surface area contributed by atoms with Gasteiger partial charge in [-0.3, -0.25) is 9.59 Å². The highest BCUT2D eigenvalue weighted by Crippen LogP contribution is 2.29. The third-order valence-electron chi connectivity index (χ3n) is 5.75. The molecule has 168 valence electrons. The summed E-state index contributed by atoms with van der Waals surface area (Å²) in [4.78, 5) is 30.7. The molecule has 2 atom stereocenters. The molecule has 3 N–H and O–H groups in total. The maximum atomic E-state index is 14.1. The van der Waals surface area contributed by atoms with Gasteiger partial charge in [0.25, 0.3) is 0 Å². The van der Waals surface area contributed by atoms with E-state index in [2.05, 4.69) is 15.4 Å². The van der Waals surface area contributed by atoms with Crippen molar-refractivity contribution in [3.8, 4) is 0 Å². The standard InChI is InChI=1S/C22H25FN6O3/c1-13(14-7-3-4-8-16(14)23)28(2)22(31)21(30)26-17-11-25-20(24)15-12-29(27-19(15)17)18-9-5-6-10-32-18/h3-4,7-8,11-13,18H,5-6,9-10H2,1-2H3,(H2,24,25)(H,26,30)/t13-,18?/m1/s1. The fourth-order valence-corrected chi connectivity index (χ4v) is 3.75. The zero-order chi connectivity index (χ0) is 22.8. The van der Waals surface area contributed by atoms with E-state index in [1.807, 2.05) is 0 Å². The number of nitrogens with two attached hydrogens (primary N) is 1. The molecule has 0 saturated carbocycles. The predicted molar refractivity (Wildman–Crippen MR) is 117 cm³/mol. The number of ether oxygens (including phenoxy) is 1. The topological polar surface area (TPSA) is 115 Å². The molecule has 0 aliphatic carbocycles. The Hall–Kier alpha value is -3.53. The van der Waals surface area contributed by atoms with Gasteiger partial charge in [-0.1, -0.05) is 18.2 Å². The van der Waals surface area contributed by atoms with Crippen LogP contribution < -0.4 is 11.1 Å². The number of hydrogen-bond donors (Lipinski definition) is 2. The Balaban J connectivity index is 1.55. The van der Waals surface area contributed by atoms with E-state index in [4.69, 9.17) is 10.5 Å². The van der Waals surface area contributed by atoms with Crippen molar-refractivity contribution >= 4 is 34.2 Å². The minimum atomic E-state index is -0.882. The van der Waals surface area contributed by atoms with Crippen LogP contribution in [0.1, 0.15) is 44.0 Å². The number of carbonyl (C=O) groups is 2. The number of carbonyl (C=O) groups excluding carboxylic acids is 2. The maximum Gasteiger partial charge on any atom is 0.314 e. The van der Waals surface area contributed by atoms with Gasteiger partial charge in [-0.05, 0) is 32.3 Å². The van der Waals surface area contributed by atoms with Gasteiger partial charge in [-0.2, -0.15) is 5.10 Å². The fraction of sp³-hybridized carbons (Fsp3) is 0.364. The molecule has 2 amide bonds. The summed E-state index contributed by atoms with van der Waals surface area (Å²) in [6.07, 6.45) is 5.73. The normalized spacial score (nSPS) is 17.2. The minimum Gasteiger partial charge on any atom is -0.383 e. The van der Waals surface area contributed by atoms with Gasteiger partial charge in [0.2, 0.25) is 0 Å². The molecule has 1 aromatic carbocycles. The van der Waals surface area contributed by atoms with E-state index in [-0.39, 0.29) is 17.7 Å². The van der Waals surface area contributed by atoms with E-state index in [0.29, 0.717) is 23.1 Å². The van der Waals surface area contributed by atoms with Crippen molar-refractivity contribution in [3.05, 3.63) is 48.0 Å². The number of fused-ring (bicyclic) bond motifs is 1. The number of nitrogens with zero attached hydrogens (tertiary/aromatic N) is 4. The lowest BCUT2D eigenvalue weighted by Gasteiger charge is -2.25. The Morgan fingerprint density at radius 3 is 2.84 bits per heavy atom. The summed E-state index contributed by atoms with van der Waals surface area (Å²) in [5.41, 5.74) is 6.99. The number of nitrogens with one attached hydrogen (secondary N) is 1. The molecule has 3 heterocycles. The first-order valence-electron chi connectivity index (χ1n) is 10.4. The predicted octanol–water partition coefficient (Wildman–Crippen LogP) is 3.01. The summed E-state index contributed by atoms with van der Waals surface area (Å²) in [5, 5.41) is 7.66. The number of hydrogen-bond acceptors (Lipinski definition) is 6. The van der Waals surface area contributed by atoms with E-state index < -0.39 is 23.7 Å². The van der Waals surface area contributed by atoms with Gasteiger partial charge in [0, 0.05) is 25.4 Å². The van der Waals surface area contributed by atoms with Crippen molar-refractivity contribution in [3.63, 3.8) is 0 Å². The average Bonchev–Trinajstić information content (AvgIpc) is 3.27. The molecule has 1 unspecified atom stereocenters. The Bertz CT molecular complexity index is 1160. The van der Waals surface area contributed by atoms with Crippen molar-refractivity contribution in [2.45, 2.75) is 38.5 Å². The van der Waals surface area contributed by atoms with E-state index in [1.54, 1.807) is 36.0 Å². The molecular weight excluding hydrogens is 415 g/mol. The number of likely N-dealkylation sites (N-methyl/N-ethyl adjacent to an activating group) is 1. The highest BCUT2D eigenvalue weighted by molar-refractivity contribution is 6.40. The van der Waals surface area contributed by atoms with E-state index in [1.165, 1.54) is 24.2 Å². The van der Waals surface area contributed by atoms with Crippen LogP contribution in [-0.4, -0.2) is 45.1 Å². The largest absolute Gasteiger partial charge is 0.383 e. The quantitative estimate of drug-likeness (QED) is 0.603. The lowest BCUT2D eigenvalue weighted by atomic mass is 10.1. The molecule has 4 rings (SSSR count). The Morgan fingerprint density at radius 1 is 1.34 bits per heavy atom. The van der Waals surface area contributed by atoms with Crippen LogP contribution in [-0.2, 0) is 14.3 Å². The molecule has 3 aromatic rings. The first-order valence-corrected chi connectivity index (χ1v) is 10.4. The van der Waals surface area contributed by atoms with Crippen molar-refractivity contribution in [1.82, 2.24) is 19.7 Å². The fourth-order valence-electron chi connectivity index (χ4n) is 3.75. The highest BCUT2D eigenvalue weighted by atomic mass is 19.1. The number of halogens is 1. The smallest absolute Gasteiger partial charge is 0.314 e. The lowest BCUT2D eigenvalue weighted by molar-refractivity contribution is -0.143. The Labute approximate surface area is 184 Å². The average molecular weight is 440 g/mol. The van der Waals surface area contributed by atoms with Crippen LogP contribution in [0.2, 0.25) is 0 Å². The number of nitrogen functional groups attached to an aromatic ring is 1. The second-order valence-corrected chi connectivity index (χ2v) is 7.82. The molecule has 1 fully saturated rings. The second-order valence-electron chi connectivity index (χ2n) is 7.82. The summed E-state index contributed by atoms with van der Waals surface area (Å²) >= 11 is 0. The number of anilines is 2.